The highest BCUT2D eigenvalue weighted by Gasteiger charge is 2.42. The van der Waals surface area contributed by atoms with E-state index >= 15 is 0 Å². The Morgan fingerprint density at radius 1 is 0.968 bits per heavy atom. The monoisotopic (exact) mass is 414 g/mol. The lowest BCUT2D eigenvalue weighted by Gasteiger charge is -2.32. The van der Waals surface area contributed by atoms with Gasteiger partial charge in [-0.2, -0.15) is 0 Å². The van der Waals surface area contributed by atoms with Gasteiger partial charge in [0.2, 0.25) is 0 Å². The molecule has 2 bridgehead atoms. The number of benzene rings is 1. The minimum atomic E-state index is -0.261. The Morgan fingerprint density at radius 2 is 1.81 bits per heavy atom. The number of hydrogen-bond donors (Lipinski definition) is 0. The lowest BCUT2D eigenvalue weighted by atomic mass is 10.1. The van der Waals surface area contributed by atoms with E-state index in [0.29, 0.717) is 12.1 Å². The number of rotatable bonds is 3. The van der Waals surface area contributed by atoms with Crippen LogP contribution in [-0.4, -0.2) is 56.7 Å². The number of anilines is 1. The minimum Gasteiger partial charge on any atom is -0.349 e. The van der Waals surface area contributed by atoms with Crippen LogP contribution >= 0.6 is 0 Å². The number of likely N-dealkylation sites (N-methyl/N-ethyl adjacent to an activating group) is 1. The molecule has 2 unspecified atom stereocenters. The molecule has 2 atom stereocenters. The third-order valence-corrected chi connectivity index (χ3v) is 6.56. The van der Waals surface area contributed by atoms with Crippen molar-refractivity contribution in [2.45, 2.75) is 25.4 Å². The number of likely N-dealkylation sites (tertiary alicyclic amines) is 1. The number of halogens is 1. The normalized spacial score (nSPS) is 20.8. The minimum absolute atomic E-state index is 0.261. The van der Waals surface area contributed by atoms with Crippen molar-refractivity contribution in [3.8, 4) is 22.5 Å². The molecule has 4 aromatic rings. The van der Waals surface area contributed by atoms with Gasteiger partial charge in [-0.15, -0.1) is 5.10 Å². The second kappa shape index (κ2) is 6.85. The van der Waals surface area contributed by atoms with Gasteiger partial charge in [-0.05, 0) is 68.9 Å². The number of pyridine rings is 1. The Labute approximate surface area is 180 Å². The number of aryl methyl sites for hydroxylation is 1. The van der Waals surface area contributed by atoms with Crippen molar-refractivity contribution in [3.05, 3.63) is 66.2 Å². The van der Waals surface area contributed by atoms with Gasteiger partial charge in [0.15, 0.2) is 5.65 Å². The summed E-state index contributed by atoms with van der Waals surface area (Å²) < 4.78 is 15.5. The predicted octanol–water partition coefficient (Wildman–Crippen LogP) is 3.80. The van der Waals surface area contributed by atoms with Crippen LogP contribution in [0.2, 0.25) is 0 Å². The van der Waals surface area contributed by atoms with Crippen LogP contribution in [-0.2, 0) is 0 Å². The first kappa shape index (κ1) is 18.4. The van der Waals surface area contributed by atoms with Gasteiger partial charge in [0, 0.05) is 48.2 Å². The highest BCUT2D eigenvalue weighted by Crippen LogP contribution is 2.36. The van der Waals surface area contributed by atoms with E-state index in [1.54, 1.807) is 18.3 Å². The second-order valence-corrected chi connectivity index (χ2v) is 8.60. The molecule has 0 amide bonds. The maximum Gasteiger partial charge on any atom is 0.155 e. The molecule has 0 N–H and O–H groups in total. The first-order valence-corrected chi connectivity index (χ1v) is 10.6. The smallest absolute Gasteiger partial charge is 0.155 e. The van der Waals surface area contributed by atoms with Gasteiger partial charge in [-0.3, -0.25) is 9.88 Å². The van der Waals surface area contributed by atoms with Crippen molar-refractivity contribution in [2.75, 3.05) is 25.0 Å². The van der Waals surface area contributed by atoms with Gasteiger partial charge in [-0.1, -0.05) is 0 Å². The van der Waals surface area contributed by atoms with Crippen molar-refractivity contribution in [2.24, 2.45) is 0 Å². The molecular formula is C24H23FN6. The molecule has 0 saturated carbocycles. The van der Waals surface area contributed by atoms with Gasteiger partial charge in [0.25, 0.3) is 0 Å². The number of hydrogen-bond acceptors (Lipinski definition) is 5. The van der Waals surface area contributed by atoms with Crippen molar-refractivity contribution in [1.29, 1.82) is 0 Å². The fourth-order valence-electron chi connectivity index (χ4n) is 4.98. The Kier molecular flexibility index (Phi) is 4.08. The van der Waals surface area contributed by atoms with E-state index in [1.807, 2.05) is 29.6 Å². The van der Waals surface area contributed by atoms with Crippen molar-refractivity contribution in [3.63, 3.8) is 0 Å². The van der Waals surface area contributed by atoms with Crippen molar-refractivity contribution in [1.82, 2.24) is 24.5 Å². The van der Waals surface area contributed by atoms with Crippen LogP contribution in [0.4, 0.5) is 10.2 Å². The van der Waals surface area contributed by atoms with Gasteiger partial charge in [0.1, 0.15) is 17.3 Å². The average Bonchev–Trinajstić information content (AvgIpc) is 3.45. The first-order chi connectivity index (χ1) is 15.1. The summed E-state index contributed by atoms with van der Waals surface area (Å²) in [7, 11) is 2.20. The maximum absolute atomic E-state index is 13.6. The van der Waals surface area contributed by atoms with Crippen molar-refractivity contribution < 1.29 is 4.39 Å². The molecule has 5 heterocycles. The van der Waals surface area contributed by atoms with Gasteiger partial charge in [-0.25, -0.2) is 13.9 Å². The summed E-state index contributed by atoms with van der Waals surface area (Å²) >= 11 is 0. The Hall–Kier alpha value is -3.32. The van der Waals surface area contributed by atoms with Gasteiger partial charge in [0.05, 0.1) is 5.69 Å². The van der Waals surface area contributed by atoms with E-state index in [0.717, 1.165) is 52.8 Å². The molecule has 7 heteroatoms. The van der Waals surface area contributed by atoms with Crippen LogP contribution in [0.15, 0.2) is 54.7 Å². The van der Waals surface area contributed by atoms with Gasteiger partial charge >= 0.3 is 0 Å². The maximum atomic E-state index is 13.6. The zero-order valence-electron chi connectivity index (χ0n) is 17.5. The van der Waals surface area contributed by atoms with Crippen LogP contribution < -0.4 is 4.90 Å². The number of fused-ring (bicyclic) bond motifs is 3. The lowest BCUT2D eigenvalue weighted by Crippen LogP contribution is -2.45. The molecule has 2 saturated heterocycles. The quantitative estimate of drug-likeness (QED) is 0.510. The largest absolute Gasteiger partial charge is 0.349 e. The standard InChI is InChI=1S/C24H23FN6/c1-15-11-17(9-10-26-15)24-23(16-3-5-18(25)6-4-16)27-21-7-8-22(28-31(21)24)30-14-19-12-20(30)13-29(19)2/h3-11,19-20H,12-14H2,1-2H3. The van der Waals surface area contributed by atoms with Crippen LogP contribution in [0.1, 0.15) is 12.1 Å². The van der Waals surface area contributed by atoms with E-state index in [1.165, 1.54) is 18.6 Å². The summed E-state index contributed by atoms with van der Waals surface area (Å²) in [6.45, 7) is 4.05. The Morgan fingerprint density at radius 3 is 2.52 bits per heavy atom. The van der Waals surface area contributed by atoms with Crippen LogP contribution in [0.5, 0.6) is 0 Å². The van der Waals surface area contributed by atoms with Crippen LogP contribution in [0.25, 0.3) is 28.2 Å². The number of piperazine rings is 1. The Bertz CT molecular complexity index is 1280. The first-order valence-electron chi connectivity index (χ1n) is 10.6. The van der Waals surface area contributed by atoms with E-state index in [4.69, 9.17) is 10.1 Å². The molecule has 6 nitrogen and oxygen atoms in total. The third kappa shape index (κ3) is 2.99. The van der Waals surface area contributed by atoms with E-state index < -0.39 is 0 Å². The summed E-state index contributed by atoms with van der Waals surface area (Å²) in [5.74, 6) is 0.714. The van der Waals surface area contributed by atoms with E-state index in [9.17, 15) is 4.39 Å². The molecule has 1 aromatic carbocycles. The summed E-state index contributed by atoms with van der Waals surface area (Å²) in [6, 6.07) is 15.7. The fourth-order valence-corrected chi connectivity index (χ4v) is 4.98. The van der Waals surface area contributed by atoms with Crippen molar-refractivity contribution >= 4 is 11.5 Å². The molecule has 31 heavy (non-hydrogen) atoms. The summed E-state index contributed by atoms with van der Waals surface area (Å²) in [6.07, 6.45) is 3.00. The van der Waals surface area contributed by atoms with E-state index in [-0.39, 0.29) is 5.82 Å². The molecule has 2 fully saturated rings. The lowest BCUT2D eigenvalue weighted by molar-refractivity contribution is 0.292. The van der Waals surface area contributed by atoms with Crippen LogP contribution in [0.3, 0.4) is 0 Å². The highest BCUT2D eigenvalue weighted by molar-refractivity contribution is 5.81. The molecule has 0 radical (unpaired) electrons. The molecule has 156 valence electrons. The van der Waals surface area contributed by atoms with E-state index in [2.05, 4.69) is 27.9 Å². The summed E-state index contributed by atoms with van der Waals surface area (Å²) in [4.78, 5) is 14.1. The summed E-state index contributed by atoms with van der Waals surface area (Å²) in [5, 5.41) is 5.04. The SMILES string of the molecule is Cc1cc(-c2c(-c3ccc(F)cc3)nc3ccc(N4CC5CC4CN5C)nn23)ccn1. The molecule has 2 aliphatic heterocycles. The number of imidazole rings is 1. The predicted molar refractivity (Wildman–Crippen MR) is 119 cm³/mol. The zero-order chi connectivity index (χ0) is 21.1. The molecule has 2 aliphatic rings. The van der Waals surface area contributed by atoms with Gasteiger partial charge < -0.3 is 4.90 Å². The molecule has 3 aromatic heterocycles. The second-order valence-electron chi connectivity index (χ2n) is 8.60. The number of nitrogens with zero attached hydrogens (tertiary/aromatic N) is 6. The number of aromatic nitrogens is 4. The molecule has 0 aliphatic carbocycles. The molecular weight excluding hydrogens is 391 g/mol. The average molecular weight is 414 g/mol. The van der Waals surface area contributed by atoms with Crippen LogP contribution in [0, 0.1) is 12.7 Å². The topological polar surface area (TPSA) is 49.6 Å². The molecule has 0 spiro atoms. The molecule has 6 rings (SSSR count). The summed E-state index contributed by atoms with van der Waals surface area (Å²) in [5.41, 5.74) is 5.24. The zero-order valence-corrected chi connectivity index (χ0v) is 17.5. The third-order valence-electron chi connectivity index (χ3n) is 6.56. The highest BCUT2D eigenvalue weighted by atomic mass is 19.1. The Balaban J connectivity index is 1.53. The fraction of sp³-hybridized carbons (Fsp3) is 0.292.